The van der Waals surface area contributed by atoms with Gasteiger partial charge in [0, 0.05) is 13.7 Å². The number of carboxylic acids is 1. The lowest BCUT2D eigenvalue weighted by Gasteiger charge is -2.22. The number of rotatable bonds is 4. The Labute approximate surface area is 126 Å². The van der Waals surface area contributed by atoms with E-state index in [1.807, 2.05) is 0 Å². The second kappa shape index (κ2) is 5.88. The van der Waals surface area contributed by atoms with Crippen molar-refractivity contribution in [2.45, 2.75) is 17.4 Å². The number of aromatic carboxylic acids is 1. The minimum absolute atomic E-state index is 0.248. The molecule has 0 bridgehead atoms. The van der Waals surface area contributed by atoms with Gasteiger partial charge in [-0.05, 0) is 18.6 Å². The first-order valence-electron chi connectivity index (χ1n) is 6.03. The molecule has 1 N–H and O–H groups in total. The molecule has 9 heteroatoms. The van der Waals surface area contributed by atoms with Crippen LogP contribution in [0.5, 0.6) is 0 Å². The Balaban J connectivity index is 2.47. The highest BCUT2D eigenvalue weighted by Crippen LogP contribution is 2.27. The molecule has 1 saturated heterocycles. The maximum atomic E-state index is 13.7. The summed E-state index contributed by atoms with van der Waals surface area (Å²) in [6.45, 7) is 0.692. The minimum atomic E-state index is -4.03. The van der Waals surface area contributed by atoms with Crippen molar-refractivity contribution in [1.82, 2.24) is 4.31 Å². The number of ether oxygens (including phenoxy) is 1. The summed E-state index contributed by atoms with van der Waals surface area (Å²) in [6, 6.07) is 1.22. The van der Waals surface area contributed by atoms with Crippen molar-refractivity contribution in [3.05, 3.63) is 28.5 Å². The average molecular weight is 338 g/mol. The Morgan fingerprint density at radius 1 is 1.52 bits per heavy atom. The van der Waals surface area contributed by atoms with Crippen LogP contribution in [-0.2, 0) is 14.8 Å². The van der Waals surface area contributed by atoms with Gasteiger partial charge in [0.25, 0.3) is 0 Å². The maximum Gasteiger partial charge on any atom is 0.337 e. The van der Waals surface area contributed by atoms with Crippen LogP contribution in [0.1, 0.15) is 16.8 Å². The summed E-state index contributed by atoms with van der Waals surface area (Å²) in [5, 5.41) is 8.33. The van der Waals surface area contributed by atoms with Gasteiger partial charge < -0.3 is 9.84 Å². The van der Waals surface area contributed by atoms with Gasteiger partial charge in [-0.15, -0.1) is 0 Å². The van der Waals surface area contributed by atoms with E-state index in [0.29, 0.717) is 13.0 Å². The molecule has 1 aromatic rings. The molecule has 0 aliphatic carbocycles. The van der Waals surface area contributed by atoms with Crippen LogP contribution in [-0.4, -0.2) is 50.1 Å². The van der Waals surface area contributed by atoms with E-state index in [1.165, 1.54) is 7.05 Å². The van der Waals surface area contributed by atoms with Crippen molar-refractivity contribution >= 4 is 27.6 Å². The van der Waals surface area contributed by atoms with Crippen molar-refractivity contribution in [1.29, 1.82) is 0 Å². The van der Waals surface area contributed by atoms with Gasteiger partial charge in [0.1, 0.15) is 5.82 Å². The molecule has 116 valence electrons. The van der Waals surface area contributed by atoms with Gasteiger partial charge in [-0.2, -0.15) is 4.31 Å². The molecule has 21 heavy (non-hydrogen) atoms. The molecular weight excluding hydrogens is 325 g/mol. The van der Waals surface area contributed by atoms with Crippen LogP contribution in [0.4, 0.5) is 4.39 Å². The van der Waals surface area contributed by atoms with Crippen LogP contribution < -0.4 is 0 Å². The molecule has 1 aromatic carbocycles. The molecular formula is C12H13ClFNO5S. The van der Waals surface area contributed by atoms with Crippen LogP contribution in [0.25, 0.3) is 0 Å². The quantitative estimate of drug-likeness (QED) is 0.902. The lowest BCUT2D eigenvalue weighted by atomic mass is 10.2. The zero-order valence-electron chi connectivity index (χ0n) is 11.0. The zero-order chi connectivity index (χ0) is 15.8. The predicted molar refractivity (Wildman–Crippen MR) is 72.5 cm³/mol. The summed E-state index contributed by atoms with van der Waals surface area (Å²) < 4.78 is 44.7. The van der Waals surface area contributed by atoms with Crippen LogP contribution in [0, 0.1) is 5.82 Å². The third-order valence-corrected chi connectivity index (χ3v) is 5.60. The van der Waals surface area contributed by atoms with Crippen molar-refractivity contribution in [3.63, 3.8) is 0 Å². The number of nitrogens with zero attached hydrogens (tertiary/aromatic N) is 1. The van der Waals surface area contributed by atoms with Crippen LogP contribution in [0.2, 0.25) is 5.02 Å². The Hall–Kier alpha value is -1.22. The highest BCUT2D eigenvalue weighted by molar-refractivity contribution is 7.89. The summed E-state index contributed by atoms with van der Waals surface area (Å²) in [5.41, 5.74) is -0.591. The summed E-state index contributed by atoms with van der Waals surface area (Å²) in [4.78, 5) is 10.6. The molecule has 1 aliphatic heterocycles. The molecule has 1 aliphatic rings. The van der Waals surface area contributed by atoms with E-state index >= 15 is 0 Å². The lowest BCUT2D eigenvalue weighted by Crippen LogP contribution is -2.37. The Morgan fingerprint density at radius 3 is 2.71 bits per heavy atom. The van der Waals surface area contributed by atoms with Crippen molar-refractivity contribution in [2.24, 2.45) is 0 Å². The largest absolute Gasteiger partial charge is 0.478 e. The summed E-state index contributed by atoms with van der Waals surface area (Å²) in [6.07, 6.45) is 0.525. The fourth-order valence-electron chi connectivity index (χ4n) is 2.04. The minimum Gasteiger partial charge on any atom is -0.478 e. The molecule has 0 aromatic heterocycles. The third-order valence-electron chi connectivity index (χ3n) is 3.33. The van der Waals surface area contributed by atoms with Gasteiger partial charge in [0.15, 0.2) is 0 Å². The van der Waals surface area contributed by atoms with Crippen molar-refractivity contribution < 1.29 is 27.4 Å². The normalized spacial score (nSPS) is 19.1. The van der Waals surface area contributed by atoms with Crippen LogP contribution in [0.3, 0.4) is 0 Å². The van der Waals surface area contributed by atoms with Gasteiger partial charge >= 0.3 is 5.97 Å². The van der Waals surface area contributed by atoms with E-state index in [0.717, 1.165) is 16.4 Å². The number of hydrogen-bond acceptors (Lipinski definition) is 4. The number of halogens is 2. The van der Waals surface area contributed by atoms with Crippen LogP contribution in [0.15, 0.2) is 17.0 Å². The van der Waals surface area contributed by atoms with E-state index < -0.39 is 37.3 Å². The van der Waals surface area contributed by atoms with Gasteiger partial charge in [-0.3, -0.25) is 0 Å². The number of likely N-dealkylation sites (N-methyl/N-ethyl adjacent to an activating group) is 1. The highest BCUT2D eigenvalue weighted by Gasteiger charge is 2.32. The van der Waals surface area contributed by atoms with E-state index in [2.05, 4.69) is 0 Å². The van der Waals surface area contributed by atoms with E-state index in [4.69, 9.17) is 21.4 Å². The molecule has 1 fully saturated rings. The van der Waals surface area contributed by atoms with E-state index in [-0.39, 0.29) is 12.6 Å². The van der Waals surface area contributed by atoms with Gasteiger partial charge in [0.2, 0.25) is 10.0 Å². The number of carbonyl (C=O) groups is 1. The topological polar surface area (TPSA) is 83.9 Å². The average Bonchev–Trinajstić information content (AvgIpc) is 2.94. The van der Waals surface area contributed by atoms with Gasteiger partial charge in [-0.1, -0.05) is 11.6 Å². The number of hydrogen-bond donors (Lipinski definition) is 1. The van der Waals surface area contributed by atoms with E-state index in [1.54, 1.807) is 0 Å². The van der Waals surface area contributed by atoms with E-state index in [9.17, 15) is 17.6 Å². The third kappa shape index (κ3) is 3.03. The maximum absolute atomic E-state index is 13.7. The fraction of sp³-hybridized carbons (Fsp3) is 0.417. The molecule has 1 atom stereocenters. The number of benzene rings is 1. The Morgan fingerprint density at radius 2 is 2.19 bits per heavy atom. The number of sulfonamides is 1. The smallest absolute Gasteiger partial charge is 0.337 e. The molecule has 0 saturated carbocycles. The first kappa shape index (κ1) is 16.2. The Kier molecular flexibility index (Phi) is 4.52. The van der Waals surface area contributed by atoms with Crippen LogP contribution >= 0.6 is 11.6 Å². The molecule has 0 spiro atoms. The van der Waals surface area contributed by atoms with Crippen molar-refractivity contribution in [2.75, 3.05) is 20.3 Å². The Bertz CT molecular complexity index is 672. The monoisotopic (exact) mass is 337 g/mol. The van der Waals surface area contributed by atoms with Gasteiger partial charge in [0.05, 0.1) is 28.1 Å². The predicted octanol–water partition coefficient (Wildman–Crippen LogP) is 1.59. The van der Waals surface area contributed by atoms with Crippen molar-refractivity contribution in [3.8, 4) is 0 Å². The molecule has 1 unspecified atom stereocenters. The molecule has 0 amide bonds. The molecule has 2 rings (SSSR count). The second-order valence-corrected chi connectivity index (χ2v) is 6.99. The molecule has 0 radical (unpaired) electrons. The van der Waals surface area contributed by atoms with Gasteiger partial charge in [-0.25, -0.2) is 17.6 Å². The zero-order valence-corrected chi connectivity index (χ0v) is 12.6. The SMILES string of the molecule is CN(C1CCOC1)S(=O)(=O)c1cc(F)c(Cl)c(C(=O)O)c1. The summed E-state index contributed by atoms with van der Waals surface area (Å²) in [7, 11) is -2.68. The summed E-state index contributed by atoms with van der Waals surface area (Å²) in [5.74, 6) is -2.59. The number of carboxylic acid groups (broad SMARTS) is 1. The first-order chi connectivity index (χ1) is 9.75. The lowest BCUT2D eigenvalue weighted by molar-refractivity contribution is 0.0696. The molecule has 1 heterocycles. The fourth-order valence-corrected chi connectivity index (χ4v) is 3.64. The first-order valence-corrected chi connectivity index (χ1v) is 7.85. The summed E-state index contributed by atoms with van der Waals surface area (Å²) >= 11 is 5.53. The standard InChI is InChI=1S/C12H13ClFNO5S/c1-15(7-2-3-20-6-7)21(18,19)8-4-9(12(16)17)11(13)10(14)5-8/h4-5,7H,2-3,6H2,1H3,(H,16,17). The highest BCUT2D eigenvalue weighted by atomic mass is 35.5. The molecule has 6 nitrogen and oxygen atoms in total. The second-order valence-electron chi connectivity index (χ2n) is 4.61.